The van der Waals surface area contributed by atoms with Crippen molar-refractivity contribution in [2.24, 2.45) is 0 Å². The van der Waals surface area contributed by atoms with Gasteiger partial charge < -0.3 is 4.74 Å². The molecule has 0 radical (unpaired) electrons. The molecular formula is C11H10ClFN4O2S. The van der Waals surface area contributed by atoms with E-state index in [1.165, 1.54) is 29.6 Å². The molecule has 0 unspecified atom stereocenters. The number of carbonyl (C=O) groups is 1. The highest BCUT2D eigenvalue weighted by Gasteiger charge is 2.13. The predicted octanol–water partition coefficient (Wildman–Crippen LogP) is 1.93. The number of aromatic nitrogens is 4. The summed E-state index contributed by atoms with van der Waals surface area (Å²) in [7, 11) is 1.28. The van der Waals surface area contributed by atoms with Crippen LogP contribution in [0.4, 0.5) is 4.39 Å². The molecule has 9 heteroatoms. The van der Waals surface area contributed by atoms with Gasteiger partial charge in [-0.1, -0.05) is 35.5 Å². The molecule has 1 aromatic carbocycles. The Kier molecular flexibility index (Phi) is 4.91. The molecule has 106 valence electrons. The van der Waals surface area contributed by atoms with Crippen LogP contribution in [-0.2, 0) is 21.8 Å². The second kappa shape index (κ2) is 6.67. The van der Waals surface area contributed by atoms with Crippen LogP contribution in [0.25, 0.3) is 0 Å². The van der Waals surface area contributed by atoms with Crippen molar-refractivity contribution in [2.45, 2.75) is 17.5 Å². The molecule has 0 aliphatic heterocycles. The number of benzene rings is 1. The summed E-state index contributed by atoms with van der Waals surface area (Å²) in [5.41, 5.74) is 0.440. The van der Waals surface area contributed by atoms with E-state index < -0.39 is 11.8 Å². The van der Waals surface area contributed by atoms with E-state index in [1.807, 2.05) is 0 Å². The van der Waals surface area contributed by atoms with Crippen LogP contribution in [0.3, 0.4) is 0 Å². The van der Waals surface area contributed by atoms with Crippen LogP contribution in [0.2, 0.25) is 5.02 Å². The summed E-state index contributed by atoms with van der Waals surface area (Å²) in [6.07, 6.45) is 0. The number of nitrogens with zero attached hydrogens (tertiary/aromatic N) is 4. The maximum atomic E-state index is 13.7. The van der Waals surface area contributed by atoms with Crippen molar-refractivity contribution in [2.75, 3.05) is 7.11 Å². The number of ether oxygens (including phenoxy) is 1. The normalized spacial score (nSPS) is 10.6. The number of thioether (sulfide) groups is 1. The van der Waals surface area contributed by atoms with E-state index >= 15 is 0 Å². The minimum atomic E-state index is -0.465. The van der Waals surface area contributed by atoms with E-state index in [2.05, 4.69) is 20.3 Å². The number of esters is 1. The molecule has 6 nitrogen and oxygen atoms in total. The lowest BCUT2D eigenvalue weighted by molar-refractivity contribution is -0.141. The van der Waals surface area contributed by atoms with Crippen LogP contribution in [0.5, 0.6) is 0 Å². The monoisotopic (exact) mass is 316 g/mol. The van der Waals surface area contributed by atoms with E-state index in [0.29, 0.717) is 16.5 Å². The first-order valence-corrected chi connectivity index (χ1v) is 6.87. The zero-order chi connectivity index (χ0) is 14.5. The zero-order valence-electron chi connectivity index (χ0n) is 10.4. The van der Waals surface area contributed by atoms with Gasteiger partial charge in [0.15, 0.2) is 0 Å². The molecule has 0 atom stereocenters. The molecule has 2 aromatic rings. The van der Waals surface area contributed by atoms with E-state index in [4.69, 9.17) is 11.6 Å². The third kappa shape index (κ3) is 3.45. The number of hydrogen-bond donors (Lipinski definition) is 0. The summed E-state index contributed by atoms with van der Waals surface area (Å²) in [4.78, 5) is 11.2. The van der Waals surface area contributed by atoms with E-state index in [9.17, 15) is 9.18 Å². The number of rotatable bonds is 5. The Morgan fingerprint density at radius 1 is 1.55 bits per heavy atom. The molecule has 0 amide bonds. The molecule has 1 heterocycles. The van der Waals surface area contributed by atoms with Crippen LogP contribution in [-0.4, -0.2) is 33.3 Å². The fourth-order valence-corrected chi connectivity index (χ4v) is 2.43. The van der Waals surface area contributed by atoms with Gasteiger partial charge in [-0.25, -0.2) is 9.07 Å². The lowest BCUT2D eigenvalue weighted by atomic mass is 10.2. The van der Waals surface area contributed by atoms with Crippen molar-refractivity contribution in [3.63, 3.8) is 0 Å². The summed E-state index contributed by atoms with van der Waals surface area (Å²) in [6, 6.07) is 4.77. The molecule has 0 aliphatic rings. The third-order valence-electron chi connectivity index (χ3n) is 2.39. The van der Waals surface area contributed by atoms with Crippen molar-refractivity contribution < 1.29 is 13.9 Å². The Morgan fingerprint density at radius 3 is 3.10 bits per heavy atom. The van der Waals surface area contributed by atoms with Gasteiger partial charge >= 0.3 is 5.97 Å². The number of methoxy groups -OCH3 is 1. The minimum absolute atomic E-state index is 0.0669. The maximum Gasteiger partial charge on any atom is 0.327 e. The first-order chi connectivity index (χ1) is 9.61. The molecule has 0 bridgehead atoms. The average Bonchev–Trinajstić information content (AvgIpc) is 2.87. The molecule has 0 saturated heterocycles. The molecule has 0 saturated carbocycles. The van der Waals surface area contributed by atoms with Crippen LogP contribution in [0.15, 0.2) is 23.4 Å². The molecule has 0 spiro atoms. The first kappa shape index (κ1) is 14.7. The number of hydrogen-bond acceptors (Lipinski definition) is 6. The Labute approximate surface area is 123 Å². The van der Waals surface area contributed by atoms with Gasteiger partial charge in [0.1, 0.15) is 12.4 Å². The van der Waals surface area contributed by atoms with E-state index in [0.717, 1.165) is 0 Å². The second-order valence-electron chi connectivity index (χ2n) is 3.70. The Bertz CT molecular complexity index is 622. The predicted molar refractivity (Wildman–Crippen MR) is 70.8 cm³/mol. The van der Waals surface area contributed by atoms with Gasteiger partial charge in [-0.05, 0) is 22.1 Å². The molecule has 0 aliphatic carbocycles. The highest BCUT2D eigenvalue weighted by Crippen LogP contribution is 2.25. The molecule has 0 fully saturated rings. The van der Waals surface area contributed by atoms with Gasteiger partial charge in [-0.3, -0.25) is 4.79 Å². The molecule has 1 aromatic heterocycles. The lowest BCUT2D eigenvalue weighted by Crippen LogP contribution is -2.13. The third-order valence-corrected chi connectivity index (χ3v) is 3.69. The van der Waals surface area contributed by atoms with E-state index in [1.54, 1.807) is 12.1 Å². The van der Waals surface area contributed by atoms with Gasteiger partial charge in [-0.2, -0.15) is 0 Å². The largest absolute Gasteiger partial charge is 0.468 e. The van der Waals surface area contributed by atoms with Gasteiger partial charge in [0.05, 0.1) is 12.1 Å². The number of tetrazole rings is 1. The molecule has 0 N–H and O–H groups in total. The zero-order valence-corrected chi connectivity index (χ0v) is 12.0. The lowest BCUT2D eigenvalue weighted by Gasteiger charge is -2.05. The van der Waals surface area contributed by atoms with Gasteiger partial charge in [-0.15, -0.1) is 5.10 Å². The summed E-state index contributed by atoms with van der Waals surface area (Å²) in [5, 5.41) is 11.4. The summed E-state index contributed by atoms with van der Waals surface area (Å²) < 4.78 is 19.5. The van der Waals surface area contributed by atoms with Gasteiger partial charge in [0.2, 0.25) is 5.16 Å². The maximum absolute atomic E-state index is 13.7. The quantitative estimate of drug-likeness (QED) is 0.620. The minimum Gasteiger partial charge on any atom is -0.468 e. The smallest absolute Gasteiger partial charge is 0.327 e. The standard InChI is InChI=1S/C11H10ClFN4O2S/c1-19-9(18)5-17-11(14-15-16-17)20-6-7-3-2-4-8(12)10(7)13/h2-4H,5-6H2,1H3. The Morgan fingerprint density at radius 2 is 2.35 bits per heavy atom. The van der Waals surface area contributed by atoms with Crippen molar-refractivity contribution in [1.29, 1.82) is 0 Å². The van der Waals surface area contributed by atoms with Crippen LogP contribution < -0.4 is 0 Å². The van der Waals surface area contributed by atoms with Crippen molar-refractivity contribution in [1.82, 2.24) is 20.2 Å². The second-order valence-corrected chi connectivity index (χ2v) is 5.05. The van der Waals surface area contributed by atoms with Crippen molar-refractivity contribution >= 4 is 29.3 Å². The van der Waals surface area contributed by atoms with Crippen LogP contribution in [0, 0.1) is 5.82 Å². The highest BCUT2D eigenvalue weighted by atomic mass is 35.5. The first-order valence-electron chi connectivity index (χ1n) is 5.50. The van der Waals surface area contributed by atoms with Crippen molar-refractivity contribution in [3.8, 4) is 0 Å². The topological polar surface area (TPSA) is 69.9 Å². The Balaban J connectivity index is 2.06. The molecular weight excluding hydrogens is 307 g/mol. The van der Waals surface area contributed by atoms with E-state index in [-0.39, 0.29) is 11.6 Å². The van der Waals surface area contributed by atoms with Crippen LogP contribution in [0.1, 0.15) is 5.56 Å². The van der Waals surface area contributed by atoms with Crippen LogP contribution >= 0.6 is 23.4 Å². The fourth-order valence-electron chi connectivity index (χ4n) is 1.39. The fraction of sp³-hybridized carbons (Fsp3) is 0.273. The average molecular weight is 317 g/mol. The number of halogens is 2. The van der Waals surface area contributed by atoms with Gasteiger partial charge in [0.25, 0.3) is 0 Å². The summed E-state index contributed by atoms with van der Waals surface area (Å²) in [6.45, 7) is -0.0934. The van der Waals surface area contributed by atoms with Gasteiger partial charge in [0, 0.05) is 5.75 Å². The summed E-state index contributed by atoms with van der Waals surface area (Å²) >= 11 is 6.90. The summed E-state index contributed by atoms with van der Waals surface area (Å²) in [5.74, 6) is -0.629. The highest BCUT2D eigenvalue weighted by molar-refractivity contribution is 7.98. The van der Waals surface area contributed by atoms with Crippen molar-refractivity contribution in [3.05, 3.63) is 34.6 Å². The SMILES string of the molecule is COC(=O)Cn1nnnc1SCc1cccc(Cl)c1F. The number of carbonyl (C=O) groups excluding carboxylic acids is 1. The molecule has 2 rings (SSSR count). The molecule has 20 heavy (non-hydrogen) atoms. The Hall–Kier alpha value is -1.67.